The molecule has 4 bridgehead atoms. The minimum Gasteiger partial charge on any atom is -0.393 e. The molecule has 4 aliphatic rings. The molecular weight excluding hydrogens is 288 g/mol. The molecule has 4 nitrogen and oxygen atoms in total. The maximum Gasteiger partial charge on any atom is 0.237 e. The van der Waals surface area contributed by atoms with Crippen LogP contribution < -0.4 is 5.32 Å². The summed E-state index contributed by atoms with van der Waals surface area (Å²) in [6.07, 6.45) is 9.31. The van der Waals surface area contributed by atoms with Crippen molar-refractivity contribution in [1.82, 2.24) is 10.2 Å². The first-order valence-corrected chi connectivity index (χ1v) is 9.78. The molecule has 2 aliphatic carbocycles. The molecule has 2 saturated carbocycles. The van der Waals surface area contributed by atoms with Crippen molar-refractivity contribution in [2.75, 3.05) is 0 Å². The normalized spacial score (nSPS) is 45.2. The summed E-state index contributed by atoms with van der Waals surface area (Å²) in [6, 6.07) is 1.07. The van der Waals surface area contributed by atoms with Crippen LogP contribution in [0.4, 0.5) is 0 Å². The number of carbonyl (C=O) groups is 1. The van der Waals surface area contributed by atoms with E-state index in [2.05, 4.69) is 24.1 Å². The lowest BCUT2D eigenvalue weighted by Crippen LogP contribution is -2.56. The first-order chi connectivity index (χ1) is 11.0. The van der Waals surface area contributed by atoms with Crippen LogP contribution in [0.3, 0.4) is 0 Å². The van der Waals surface area contributed by atoms with E-state index in [0.717, 1.165) is 37.5 Å². The summed E-state index contributed by atoms with van der Waals surface area (Å²) in [5.41, 5.74) is 0. The van der Waals surface area contributed by atoms with Crippen LogP contribution in [0.5, 0.6) is 0 Å². The summed E-state index contributed by atoms with van der Waals surface area (Å²) in [6.45, 7) is 4.27. The van der Waals surface area contributed by atoms with E-state index in [4.69, 9.17) is 0 Å². The van der Waals surface area contributed by atoms with Gasteiger partial charge in [0.2, 0.25) is 5.91 Å². The van der Waals surface area contributed by atoms with Gasteiger partial charge >= 0.3 is 0 Å². The van der Waals surface area contributed by atoms with Gasteiger partial charge < -0.3 is 10.4 Å². The molecule has 4 rings (SSSR count). The fourth-order valence-corrected chi connectivity index (χ4v) is 6.31. The van der Waals surface area contributed by atoms with Gasteiger partial charge in [0.15, 0.2) is 0 Å². The zero-order valence-corrected chi connectivity index (χ0v) is 14.6. The Hall–Kier alpha value is -0.610. The molecule has 0 aromatic carbocycles. The van der Waals surface area contributed by atoms with Gasteiger partial charge in [0.25, 0.3) is 0 Å². The van der Waals surface area contributed by atoms with Crippen LogP contribution in [-0.4, -0.2) is 46.2 Å². The lowest BCUT2D eigenvalue weighted by atomic mass is 9.84. The number of fused-ring (bicyclic) bond motifs is 4. The van der Waals surface area contributed by atoms with Gasteiger partial charge in [-0.15, -0.1) is 0 Å². The van der Waals surface area contributed by atoms with Crippen LogP contribution in [0.15, 0.2) is 0 Å². The van der Waals surface area contributed by atoms with Gasteiger partial charge in [0.05, 0.1) is 12.1 Å². The number of nitrogens with zero attached hydrogens (tertiary/aromatic N) is 1. The zero-order chi connectivity index (χ0) is 16.1. The van der Waals surface area contributed by atoms with Crippen molar-refractivity contribution >= 4 is 5.91 Å². The zero-order valence-electron chi connectivity index (χ0n) is 14.6. The molecule has 0 unspecified atom stereocenters. The summed E-state index contributed by atoms with van der Waals surface area (Å²) < 4.78 is 0. The van der Waals surface area contributed by atoms with Crippen LogP contribution >= 0.6 is 0 Å². The highest BCUT2D eigenvalue weighted by atomic mass is 16.3. The molecule has 0 radical (unpaired) electrons. The van der Waals surface area contributed by atoms with Gasteiger partial charge in [-0.3, -0.25) is 9.69 Å². The van der Waals surface area contributed by atoms with Crippen molar-refractivity contribution in [2.45, 2.75) is 95.5 Å². The van der Waals surface area contributed by atoms with E-state index in [1.54, 1.807) is 0 Å². The number of aliphatic hydroxyl groups excluding tert-OH is 1. The van der Waals surface area contributed by atoms with Crippen molar-refractivity contribution < 1.29 is 9.90 Å². The molecule has 4 heteroatoms. The first-order valence-electron chi connectivity index (χ1n) is 9.78. The molecule has 2 saturated heterocycles. The minimum atomic E-state index is -0.160. The maximum atomic E-state index is 12.8. The van der Waals surface area contributed by atoms with Crippen molar-refractivity contribution in [3.8, 4) is 0 Å². The molecule has 2 heterocycles. The molecule has 0 spiro atoms. The summed E-state index contributed by atoms with van der Waals surface area (Å²) in [5, 5.41) is 13.3. The Morgan fingerprint density at radius 2 is 1.74 bits per heavy atom. The Bertz CT molecular complexity index is 454. The Morgan fingerprint density at radius 3 is 2.30 bits per heavy atom. The number of hydrogen-bond donors (Lipinski definition) is 2. The van der Waals surface area contributed by atoms with E-state index in [0.29, 0.717) is 24.0 Å². The molecule has 0 aromatic rings. The topological polar surface area (TPSA) is 52.6 Å². The fourth-order valence-electron chi connectivity index (χ4n) is 6.31. The van der Waals surface area contributed by atoms with Gasteiger partial charge in [-0.1, -0.05) is 6.42 Å². The van der Waals surface area contributed by atoms with E-state index < -0.39 is 0 Å². The fraction of sp³-hybridized carbons (Fsp3) is 0.947. The number of hydrogen-bond acceptors (Lipinski definition) is 3. The van der Waals surface area contributed by atoms with Crippen LogP contribution in [0, 0.1) is 17.8 Å². The van der Waals surface area contributed by atoms with E-state index in [1.807, 2.05) is 0 Å². The van der Waals surface area contributed by atoms with Crippen LogP contribution in [0.1, 0.15) is 65.2 Å². The summed E-state index contributed by atoms with van der Waals surface area (Å²) in [5.74, 6) is 2.69. The molecule has 2 N–H and O–H groups in total. The third-order valence-corrected chi connectivity index (χ3v) is 7.40. The highest BCUT2D eigenvalue weighted by Crippen LogP contribution is 2.49. The molecule has 2 aliphatic heterocycles. The monoisotopic (exact) mass is 320 g/mol. The average Bonchev–Trinajstić information content (AvgIpc) is 3.20. The first kappa shape index (κ1) is 15.9. The Morgan fingerprint density at radius 1 is 1.04 bits per heavy atom. The van der Waals surface area contributed by atoms with Crippen LogP contribution in [0.2, 0.25) is 0 Å². The van der Waals surface area contributed by atoms with Crippen molar-refractivity contribution in [2.24, 2.45) is 17.8 Å². The molecule has 130 valence electrons. The molecule has 1 amide bonds. The number of nitrogens with one attached hydrogen (secondary N) is 1. The van der Waals surface area contributed by atoms with Gasteiger partial charge in [0, 0.05) is 18.1 Å². The van der Waals surface area contributed by atoms with Crippen LogP contribution in [0.25, 0.3) is 0 Å². The summed E-state index contributed by atoms with van der Waals surface area (Å²) in [4.78, 5) is 15.2. The second-order valence-electron chi connectivity index (χ2n) is 8.77. The number of rotatable bonds is 4. The quantitative estimate of drug-likeness (QED) is 0.836. The second-order valence-corrected chi connectivity index (χ2v) is 8.77. The van der Waals surface area contributed by atoms with Gasteiger partial charge in [-0.2, -0.15) is 0 Å². The number of carbonyl (C=O) groups excluding carboxylic acids is 1. The van der Waals surface area contributed by atoms with Crippen molar-refractivity contribution in [3.63, 3.8) is 0 Å². The average molecular weight is 320 g/mol. The van der Waals surface area contributed by atoms with Crippen molar-refractivity contribution in [3.05, 3.63) is 0 Å². The van der Waals surface area contributed by atoms with Crippen molar-refractivity contribution in [1.29, 1.82) is 0 Å². The molecular formula is C19H32N2O2. The summed E-state index contributed by atoms with van der Waals surface area (Å²) >= 11 is 0. The number of amides is 1. The second kappa shape index (κ2) is 6.03. The van der Waals surface area contributed by atoms with E-state index in [-0.39, 0.29) is 18.1 Å². The minimum absolute atomic E-state index is 0.0546. The molecule has 7 atom stereocenters. The van der Waals surface area contributed by atoms with Gasteiger partial charge in [-0.25, -0.2) is 0 Å². The Kier molecular flexibility index (Phi) is 4.17. The largest absolute Gasteiger partial charge is 0.393 e. The Labute approximate surface area is 140 Å². The SMILES string of the molecule is C[C@H](NC(=O)[C@H](C)N1[C@H]2CC[C@H]1CC(O)C2)[C@H]1C[C@H]2CC[C@H]1C2. The lowest BCUT2D eigenvalue weighted by Gasteiger charge is -2.41. The molecule has 23 heavy (non-hydrogen) atoms. The predicted molar refractivity (Wildman–Crippen MR) is 89.9 cm³/mol. The number of aliphatic hydroxyl groups is 1. The van der Waals surface area contributed by atoms with Gasteiger partial charge in [-0.05, 0) is 76.5 Å². The highest BCUT2D eigenvalue weighted by molar-refractivity contribution is 5.81. The predicted octanol–water partition coefficient (Wildman–Crippen LogP) is 2.30. The van der Waals surface area contributed by atoms with E-state index >= 15 is 0 Å². The third kappa shape index (κ3) is 2.82. The third-order valence-electron chi connectivity index (χ3n) is 7.40. The standard InChI is InChI=1S/C19H32N2O2/c1-11(18-8-13-3-4-14(18)7-13)20-19(23)12(2)21-15-5-6-16(21)10-17(22)9-15/h11-18,22H,3-10H2,1-2H3,(H,20,23)/t11-,12-,13-,14-,15-,16-,18+/m0/s1. The smallest absolute Gasteiger partial charge is 0.237 e. The summed E-state index contributed by atoms with van der Waals surface area (Å²) in [7, 11) is 0. The van der Waals surface area contributed by atoms with E-state index in [1.165, 1.54) is 25.7 Å². The molecule has 4 fully saturated rings. The Balaban J connectivity index is 1.35. The lowest BCUT2D eigenvalue weighted by molar-refractivity contribution is -0.129. The maximum absolute atomic E-state index is 12.8. The molecule has 0 aromatic heterocycles. The highest BCUT2D eigenvalue weighted by Gasteiger charge is 2.45. The van der Waals surface area contributed by atoms with Gasteiger partial charge in [0.1, 0.15) is 0 Å². The van der Waals surface area contributed by atoms with E-state index in [9.17, 15) is 9.90 Å². The number of piperidine rings is 1. The van der Waals surface area contributed by atoms with Crippen LogP contribution in [-0.2, 0) is 4.79 Å².